The summed E-state index contributed by atoms with van der Waals surface area (Å²) in [4.78, 5) is 0. The van der Waals surface area contributed by atoms with Crippen molar-refractivity contribution in [3.63, 3.8) is 0 Å². The van der Waals surface area contributed by atoms with Crippen molar-refractivity contribution >= 4 is 0 Å². The van der Waals surface area contributed by atoms with Gasteiger partial charge in [-0.2, -0.15) is 0 Å². The van der Waals surface area contributed by atoms with E-state index in [1.54, 1.807) is 0 Å². The Morgan fingerprint density at radius 2 is 2.06 bits per heavy atom. The summed E-state index contributed by atoms with van der Waals surface area (Å²) in [5.41, 5.74) is 1.35. The molecule has 1 heterocycles. The zero-order chi connectivity index (χ0) is 12.3. The smallest absolute Gasteiger partial charge is 0.105 e. The fraction of sp³-hybridized carbons (Fsp3) is 0.733. The molecule has 1 atom stereocenters. The van der Waals surface area contributed by atoms with E-state index in [1.807, 2.05) is 6.92 Å². The van der Waals surface area contributed by atoms with Gasteiger partial charge in [0.05, 0.1) is 0 Å². The van der Waals surface area contributed by atoms with Crippen molar-refractivity contribution in [2.45, 2.75) is 58.4 Å². The Morgan fingerprint density at radius 3 is 2.59 bits per heavy atom. The van der Waals surface area contributed by atoms with E-state index in [1.165, 1.54) is 44.1 Å². The number of aryl methyl sites for hydroxylation is 2. The molecule has 96 valence electrons. The second-order valence-corrected chi connectivity index (χ2v) is 5.44. The molecule has 1 unspecified atom stereocenters. The van der Waals surface area contributed by atoms with Gasteiger partial charge in [-0.3, -0.25) is 0 Å². The molecule has 2 rings (SSSR count). The summed E-state index contributed by atoms with van der Waals surface area (Å²) < 4.78 is 5.63. The number of rotatable bonds is 5. The number of furan rings is 1. The third-order valence-electron chi connectivity index (χ3n) is 4.14. The first kappa shape index (κ1) is 12.7. The van der Waals surface area contributed by atoms with Gasteiger partial charge in [0.2, 0.25) is 0 Å². The molecular formula is C15H25NO. The summed E-state index contributed by atoms with van der Waals surface area (Å²) in [6.45, 7) is 4.10. The molecule has 1 N–H and O–H groups in total. The Balaban J connectivity index is 1.93. The fourth-order valence-corrected chi connectivity index (χ4v) is 3.15. The molecule has 1 aromatic rings. The second kappa shape index (κ2) is 5.72. The van der Waals surface area contributed by atoms with Crippen molar-refractivity contribution < 1.29 is 4.42 Å². The molecule has 17 heavy (non-hydrogen) atoms. The van der Waals surface area contributed by atoms with Gasteiger partial charge in [-0.15, -0.1) is 0 Å². The molecule has 0 spiro atoms. The molecule has 1 aliphatic rings. The quantitative estimate of drug-likeness (QED) is 0.830. The third-order valence-corrected chi connectivity index (χ3v) is 4.14. The highest BCUT2D eigenvalue weighted by Crippen LogP contribution is 2.32. The zero-order valence-corrected chi connectivity index (χ0v) is 11.4. The van der Waals surface area contributed by atoms with E-state index in [9.17, 15) is 0 Å². The first-order chi connectivity index (χ1) is 8.20. The van der Waals surface area contributed by atoms with Crippen LogP contribution in [0.2, 0.25) is 0 Å². The van der Waals surface area contributed by atoms with Crippen LogP contribution in [0.15, 0.2) is 10.5 Å². The van der Waals surface area contributed by atoms with Gasteiger partial charge in [-0.05, 0) is 45.7 Å². The Hall–Kier alpha value is -0.760. The van der Waals surface area contributed by atoms with Crippen LogP contribution in [0, 0.1) is 19.8 Å². The monoisotopic (exact) mass is 235 g/mol. The van der Waals surface area contributed by atoms with Crippen LogP contribution in [-0.4, -0.2) is 7.05 Å². The Kier molecular flexibility index (Phi) is 4.27. The molecule has 0 amide bonds. The average Bonchev–Trinajstić information content (AvgIpc) is 2.90. The first-order valence-corrected chi connectivity index (χ1v) is 6.95. The maximum Gasteiger partial charge on any atom is 0.105 e. The van der Waals surface area contributed by atoms with Crippen molar-refractivity contribution in [1.29, 1.82) is 0 Å². The summed E-state index contributed by atoms with van der Waals surface area (Å²) >= 11 is 0. The maximum absolute atomic E-state index is 5.63. The molecule has 1 saturated carbocycles. The lowest BCUT2D eigenvalue weighted by Gasteiger charge is -2.17. The SMILES string of the molecule is CNC(CCC1CCCC1)c1cc(C)oc1C. The summed E-state index contributed by atoms with van der Waals surface area (Å²) in [6.07, 6.45) is 8.37. The Labute approximate surface area is 105 Å². The van der Waals surface area contributed by atoms with Crippen molar-refractivity contribution in [3.8, 4) is 0 Å². The van der Waals surface area contributed by atoms with E-state index in [0.29, 0.717) is 6.04 Å². The van der Waals surface area contributed by atoms with Crippen molar-refractivity contribution in [2.24, 2.45) is 5.92 Å². The van der Waals surface area contributed by atoms with Crippen LogP contribution < -0.4 is 5.32 Å². The molecule has 1 fully saturated rings. The molecule has 0 bridgehead atoms. The summed E-state index contributed by atoms with van der Waals surface area (Å²) in [6, 6.07) is 2.65. The number of hydrogen-bond acceptors (Lipinski definition) is 2. The summed E-state index contributed by atoms with van der Waals surface area (Å²) in [5, 5.41) is 3.44. The Morgan fingerprint density at radius 1 is 1.35 bits per heavy atom. The molecule has 0 aliphatic heterocycles. The van der Waals surface area contributed by atoms with Crippen LogP contribution in [0.4, 0.5) is 0 Å². The third kappa shape index (κ3) is 3.12. The molecular weight excluding hydrogens is 210 g/mol. The van der Waals surface area contributed by atoms with Crippen molar-refractivity contribution in [1.82, 2.24) is 5.32 Å². The van der Waals surface area contributed by atoms with Crippen molar-refractivity contribution in [3.05, 3.63) is 23.2 Å². The van der Waals surface area contributed by atoms with Gasteiger partial charge in [0.25, 0.3) is 0 Å². The molecule has 1 aliphatic carbocycles. The Bertz CT molecular complexity index is 350. The highest BCUT2D eigenvalue weighted by atomic mass is 16.3. The standard InChI is InChI=1S/C15H25NO/c1-11-10-14(12(2)17-11)15(16-3)9-8-13-6-4-5-7-13/h10,13,15-16H,4-9H2,1-3H3. The molecule has 0 radical (unpaired) electrons. The normalized spacial score (nSPS) is 18.8. The second-order valence-electron chi connectivity index (χ2n) is 5.44. The topological polar surface area (TPSA) is 25.2 Å². The highest BCUT2D eigenvalue weighted by Gasteiger charge is 2.19. The number of nitrogens with one attached hydrogen (secondary N) is 1. The molecule has 2 nitrogen and oxygen atoms in total. The molecule has 2 heteroatoms. The average molecular weight is 235 g/mol. The van der Waals surface area contributed by atoms with Crippen molar-refractivity contribution in [2.75, 3.05) is 7.05 Å². The van der Waals surface area contributed by atoms with Gasteiger partial charge in [0.15, 0.2) is 0 Å². The van der Waals surface area contributed by atoms with E-state index in [-0.39, 0.29) is 0 Å². The lowest BCUT2D eigenvalue weighted by molar-refractivity contribution is 0.421. The van der Waals surface area contributed by atoms with Crippen LogP contribution in [0.1, 0.15) is 61.7 Å². The minimum atomic E-state index is 0.466. The van der Waals surface area contributed by atoms with Gasteiger partial charge in [-0.1, -0.05) is 25.7 Å². The van der Waals surface area contributed by atoms with Gasteiger partial charge in [0.1, 0.15) is 11.5 Å². The van der Waals surface area contributed by atoms with Gasteiger partial charge >= 0.3 is 0 Å². The minimum Gasteiger partial charge on any atom is -0.466 e. The largest absolute Gasteiger partial charge is 0.466 e. The van der Waals surface area contributed by atoms with Crippen LogP contribution in [0.3, 0.4) is 0 Å². The fourth-order valence-electron chi connectivity index (χ4n) is 3.15. The highest BCUT2D eigenvalue weighted by molar-refractivity contribution is 5.23. The van der Waals surface area contributed by atoms with Gasteiger partial charge in [0, 0.05) is 11.6 Å². The minimum absolute atomic E-state index is 0.466. The predicted octanol–water partition coefficient (Wildman–Crippen LogP) is 4.13. The van der Waals surface area contributed by atoms with E-state index >= 15 is 0 Å². The maximum atomic E-state index is 5.63. The van der Waals surface area contributed by atoms with Crippen LogP contribution in [0.5, 0.6) is 0 Å². The summed E-state index contributed by atoms with van der Waals surface area (Å²) in [7, 11) is 2.06. The van der Waals surface area contributed by atoms with E-state index in [2.05, 4.69) is 25.4 Å². The van der Waals surface area contributed by atoms with Crippen LogP contribution in [-0.2, 0) is 0 Å². The number of hydrogen-bond donors (Lipinski definition) is 1. The van der Waals surface area contributed by atoms with Crippen LogP contribution >= 0.6 is 0 Å². The van der Waals surface area contributed by atoms with E-state index in [4.69, 9.17) is 4.42 Å². The predicted molar refractivity (Wildman–Crippen MR) is 71.2 cm³/mol. The van der Waals surface area contributed by atoms with Gasteiger partial charge in [-0.25, -0.2) is 0 Å². The van der Waals surface area contributed by atoms with E-state index < -0.39 is 0 Å². The lowest BCUT2D eigenvalue weighted by Crippen LogP contribution is -2.17. The lowest BCUT2D eigenvalue weighted by atomic mass is 9.95. The van der Waals surface area contributed by atoms with E-state index in [0.717, 1.165) is 17.4 Å². The van der Waals surface area contributed by atoms with Gasteiger partial charge < -0.3 is 9.73 Å². The molecule has 0 saturated heterocycles. The zero-order valence-electron chi connectivity index (χ0n) is 11.4. The first-order valence-electron chi connectivity index (χ1n) is 6.95. The van der Waals surface area contributed by atoms with Crippen LogP contribution in [0.25, 0.3) is 0 Å². The summed E-state index contributed by atoms with van der Waals surface area (Å²) in [5.74, 6) is 3.08. The molecule has 0 aromatic carbocycles. The molecule has 1 aromatic heterocycles.